The van der Waals surface area contributed by atoms with Crippen LogP contribution in [-0.4, -0.2) is 56.2 Å². The number of nitrogens with one attached hydrogen (secondary N) is 1. The lowest BCUT2D eigenvalue weighted by Gasteiger charge is -2.37. The van der Waals surface area contributed by atoms with Crippen LogP contribution < -0.4 is 10.2 Å². The molecule has 6 nitrogen and oxygen atoms in total. The van der Waals surface area contributed by atoms with E-state index in [1.165, 1.54) is 20.0 Å². The Bertz CT molecular complexity index is 638. The van der Waals surface area contributed by atoms with Crippen molar-refractivity contribution in [1.82, 2.24) is 10.2 Å². The lowest BCUT2D eigenvalue weighted by Crippen LogP contribution is -2.53. The molecule has 1 saturated carbocycles. The van der Waals surface area contributed by atoms with Crippen molar-refractivity contribution in [2.75, 3.05) is 38.2 Å². The van der Waals surface area contributed by atoms with Crippen LogP contribution in [0.3, 0.4) is 0 Å². The average Bonchev–Trinajstić information content (AvgIpc) is 3.14. The number of rotatable bonds is 3. The molecule has 136 valence electrons. The molecule has 1 aromatic rings. The fourth-order valence-corrected chi connectivity index (χ4v) is 3.72. The third-order valence-electron chi connectivity index (χ3n) is 4.96. The van der Waals surface area contributed by atoms with Crippen molar-refractivity contribution < 1.29 is 14.3 Å². The molecule has 2 fully saturated rings. The number of methoxy groups -OCH3 is 1. The zero-order valence-electron chi connectivity index (χ0n) is 14.5. The number of anilines is 1. The van der Waals surface area contributed by atoms with Gasteiger partial charge in [-0.2, -0.15) is 0 Å². The van der Waals surface area contributed by atoms with Crippen molar-refractivity contribution in [3.8, 4) is 0 Å². The molecule has 0 radical (unpaired) electrons. The Kier molecular flexibility index (Phi) is 5.68. The van der Waals surface area contributed by atoms with E-state index in [0.717, 1.165) is 18.5 Å². The van der Waals surface area contributed by atoms with E-state index < -0.39 is 0 Å². The van der Waals surface area contributed by atoms with Crippen LogP contribution in [0, 0.1) is 0 Å². The third kappa shape index (κ3) is 4.18. The standard InChI is InChI=1S/C18H24ClN3O3/c1-25-17(23)13-6-7-15(19)16(12-13)21-8-10-22(11-9-21)18(24)20-14-4-2-3-5-14/h6-7,12,14H,2-5,8-11H2,1H3,(H,20,24). The molecule has 1 aliphatic carbocycles. The largest absolute Gasteiger partial charge is 0.465 e. The van der Waals surface area contributed by atoms with Gasteiger partial charge in [-0.1, -0.05) is 24.4 Å². The van der Waals surface area contributed by atoms with E-state index in [9.17, 15) is 9.59 Å². The predicted octanol–water partition coefficient (Wildman–Crippen LogP) is 2.90. The Morgan fingerprint density at radius 3 is 2.48 bits per heavy atom. The minimum Gasteiger partial charge on any atom is -0.465 e. The van der Waals surface area contributed by atoms with Crippen molar-refractivity contribution in [2.45, 2.75) is 31.7 Å². The number of hydrogen-bond acceptors (Lipinski definition) is 4. The Morgan fingerprint density at radius 1 is 1.16 bits per heavy atom. The summed E-state index contributed by atoms with van der Waals surface area (Å²) in [4.78, 5) is 28.0. The summed E-state index contributed by atoms with van der Waals surface area (Å²) in [5.41, 5.74) is 1.28. The van der Waals surface area contributed by atoms with Gasteiger partial charge in [-0.15, -0.1) is 0 Å². The summed E-state index contributed by atoms with van der Waals surface area (Å²) < 4.78 is 4.77. The van der Waals surface area contributed by atoms with E-state index in [2.05, 4.69) is 10.2 Å². The molecular weight excluding hydrogens is 342 g/mol. The molecule has 3 rings (SSSR count). The van der Waals surface area contributed by atoms with Gasteiger partial charge in [-0.25, -0.2) is 9.59 Å². The maximum Gasteiger partial charge on any atom is 0.337 e. The number of nitrogens with zero attached hydrogens (tertiary/aromatic N) is 2. The first kappa shape index (κ1) is 17.9. The molecule has 0 bridgehead atoms. The number of benzene rings is 1. The number of esters is 1. The van der Waals surface area contributed by atoms with E-state index in [1.807, 2.05) is 4.90 Å². The topological polar surface area (TPSA) is 61.9 Å². The number of carbonyl (C=O) groups is 2. The molecule has 7 heteroatoms. The van der Waals surface area contributed by atoms with Gasteiger partial charge in [-0.3, -0.25) is 0 Å². The van der Waals surface area contributed by atoms with Crippen LogP contribution >= 0.6 is 11.6 Å². The lowest BCUT2D eigenvalue weighted by molar-refractivity contribution is 0.0600. The first-order valence-electron chi connectivity index (χ1n) is 8.76. The van der Waals surface area contributed by atoms with Crippen molar-refractivity contribution in [3.05, 3.63) is 28.8 Å². The smallest absolute Gasteiger partial charge is 0.337 e. The van der Waals surface area contributed by atoms with Crippen molar-refractivity contribution >= 4 is 29.3 Å². The number of amides is 2. The van der Waals surface area contributed by atoms with Gasteiger partial charge < -0.3 is 19.9 Å². The number of piperazine rings is 1. The van der Waals surface area contributed by atoms with Gasteiger partial charge >= 0.3 is 12.0 Å². The van der Waals surface area contributed by atoms with Crippen molar-refractivity contribution in [3.63, 3.8) is 0 Å². The highest BCUT2D eigenvalue weighted by Crippen LogP contribution is 2.28. The van der Waals surface area contributed by atoms with Gasteiger partial charge in [0.25, 0.3) is 0 Å². The van der Waals surface area contributed by atoms with E-state index in [1.54, 1.807) is 18.2 Å². The minimum absolute atomic E-state index is 0.0287. The first-order chi connectivity index (χ1) is 12.1. The van der Waals surface area contributed by atoms with Crippen LogP contribution in [0.1, 0.15) is 36.0 Å². The zero-order valence-corrected chi connectivity index (χ0v) is 15.2. The van der Waals surface area contributed by atoms with Crippen LogP contribution in [0.25, 0.3) is 0 Å². The maximum absolute atomic E-state index is 12.4. The molecule has 25 heavy (non-hydrogen) atoms. The van der Waals surface area contributed by atoms with Crippen LogP contribution in [0.2, 0.25) is 5.02 Å². The molecule has 1 aromatic carbocycles. The Morgan fingerprint density at radius 2 is 1.84 bits per heavy atom. The van der Waals surface area contributed by atoms with E-state index in [4.69, 9.17) is 16.3 Å². The fourth-order valence-electron chi connectivity index (χ4n) is 3.49. The summed E-state index contributed by atoms with van der Waals surface area (Å²) in [5.74, 6) is -0.382. The van der Waals surface area contributed by atoms with Gasteiger partial charge in [-0.05, 0) is 31.0 Å². The van der Waals surface area contributed by atoms with Gasteiger partial charge in [0, 0.05) is 32.2 Å². The molecule has 0 atom stereocenters. The Labute approximate surface area is 153 Å². The number of hydrogen-bond donors (Lipinski definition) is 1. The molecule has 2 amide bonds. The van der Waals surface area contributed by atoms with Gasteiger partial charge in [0.1, 0.15) is 0 Å². The highest BCUT2D eigenvalue weighted by Gasteiger charge is 2.25. The van der Waals surface area contributed by atoms with Crippen LogP contribution in [0.5, 0.6) is 0 Å². The summed E-state index contributed by atoms with van der Waals surface area (Å²) in [7, 11) is 1.36. The number of urea groups is 1. The zero-order chi connectivity index (χ0) is 17.8. The third-order valence-corrected chi connectivity index (χ3v) is 5.28. The number of ether oxygens (including phenoxy) is 1. The van der Waals surface area contributed by atoms with E-state index in [-0.39, 0.29) is 12.0 Å². The molecule has 1 aliphatic heterocycles. The first-order valence-corrected chi connectivity index (χ1v) is 9.14. The second-order valence-electron chi connectivity index (χ2n) is 6.56. The second-order valence-corrected chi connectivity index (χ2v) is 6.97. The highest BCUT2D eigenvalue weighted by atomic mass is 35.5. The molecule has 0 aromatic heterocycles. The van der Waals surface area contributed by atoms with Crippen LogP contribution in [-0.2, 0) is 4.74 Å². The molecule has 1 N–H and O–H groups in total. The summed E-state index contributed by atoms with van der Waals surface area (Å²) in [6, 6.07) is 5.48. The quantitative estimate of drug-likeness (QED) is 0.837. The average molecular weight is 366 g/mol. The molecule has 0 unspecified atom stereocenters. The molecule has 2 aliphatic rings. The normalized spacial score (nSPS) is 18.3. The Balaban J connectivity index is 1.60. The second kappa shape index (κ2) is 7.95. The van der Waals surface area contributed by atoms with Gasteiger partial charge in [0.05, 0.1) is 23.4 Å². The van der Waals surface area contributed by atoms with Crippen LogP contribution in [0.4, 0.5) is 10.5 Å². The van der Waals surface area contributed by atoms with Crippen molar-refractivity contribution in [2.24, 2.45) is 0 Å². The monoisotopic (exact) mass is 365 g/mol. The summed E-state index contributed by atoms with van der Waals surface area (Å²) in [6.45, 7) is 2.64. The maximum atomic E-state index is 12.4. The summed E-state index contributed by atoms with van der Waals surface area (Å²) in [5, 5.41) is 3.72. The summed E-state index contributed by atoms with van der Waals surface area (Å²) in [6.07, 6.45) is 4.57. The Hall–Kier alpha value is -1.95. The van der Waals surface area contributed by atoms with Gasteiger partial charge in [0.15, 0.2) is 0 Å². The molecule has 1 saturated heterocycles. The van der Waals surface area contributed by atoms with Crippen molar-refractivity contribution in [1.29, 1.82) is 0 Å². The predicted molar refractivity (Wildman–Crippen MR) is 97.4 cm³/mol. The summed E-state index contributed by atoms with van der Waals surface area (Å²) >= 11 is 6.30. The van der Waals surface area contributed by atoms with Gasteiger partial charge in [0.2, 0.25) is 0 Å². The highest BCUT2D eigenvalue weighted by molar-refractivity contribution is 6.33. The fraction of sp³-hybridized carbons (Fsp3) is 0.556. The number of halogens is 1. The molecule has 1 heterocycles. The van der Waals surface area contributed by atoms with E-state index >= 15 is 0 Å². The van der Waals surface area contributed by atoms with E-state index in [0.29, 0.717) is 42.8 Å². The van der Waals surface area contributed by atoms with Crippen LogP contribution in [0.15, 0.2) is 18.2 Å². The molecule has 0 spiro atoms. The molecular formula is C18H24ClN3O3. The number of carbonyl (C=O) groups excluding carboxylic acids is 2. The lowest BCUT2D eigenvalue weighted by atomic mass is 10.1. The minimum atomic E-state index is -0.382. The SMILES string of the molecule is COC(=O)c1ccc(Cl)c(N2CCN(C(=O)NC3CCCC3)CC2)c1.